The quantitative estimate of drug-likeness (QED) is 0.794. The first-order chi connectivity index (χ1) is 13.5. The number of para-hydroxylation sites is 1. The Hall–Kier alpha value is -2.82. The van der Waals surface area contributed by atoms with Crippen molar-refractivity contribution in [1.29, 1.82) is 0 Å². The Morgan fingerprint density at radius 1 is 1.14 bits per heavy atom. The summed E-state index contributed by atoms with van der Waals surface area (Å²) in [5.74, 6) is -1.51. The van der Waals surface area contributed by atoms with Gasteiger partial charge in [-0.15, -0.1) is 0 Å². The molecule has 5 heteroatoms. The Balaban J connectivity index is 2.06. The van der Waals surface area contributed by atoms with Crippen molar-refractivity contribution in [1.82, 2.24) is 5.32 Å². The van der Waals surface area contributed by atoms with Gasteiger partial charge in [-0.05, 0) is 62.4 Å². The summed E-state index contributed by atoms with van der Waals surface area (Å²) in [5.41, 5.74) is 3.07. The second-order valence-electron chi connectivity index (χ2n) is 7.35. The minimum Gasteiger partial charge on any atom is -0.478 e. The minimum absolute atomic E-state index is 0.0670. The van der Waals surface area contributed by atoms with E-state index in [4.69, 9.17) is 0 Å². The van der Waals surface area contributed by atoms with Crippen LogP contribution in [0.1, 0.15) is 60.5 Å². The van der Waals surface area contributed by atoms with Gasteiger partial charge in [-0.25, -0.2) is 4.79 Å². The van der Waals surface area contributed by atoms with E-state index in [1.165, 1.54) is 6.42 Å². The Bertz CT molecular complexity index is 832. The number of amides is 1. The summed E-state index contributed by atoms with van der Waals surface area (Å²) < 4.78 is 0. The van der Waals surface area contributed by atoms with Crippen LogP contribution in [-0.4, -0.2) is 36.1 Å². The topological polar surface area (TPSA) is 69.6 Å². The number of anilines is 1. The largest absolute Gasteiger partial charge is 0.478 e. The molecule has 2 aromatic carbocycles. The van der Waals surface area contributed by atoms with Crippen LogP contribution >= 0.6 is 0 Å². The summed E-state index contributed by atoms with van der Waals surface area (Å²) >= 11 is 0. The Morgan fingerprint density at radius 2 is 1.86 bits per heavy atom. The SMILES string of the molecule is CCNC(=O)C(c1ccc(C(=O)O)cc1)c1ccccc1N1CCCCC1C. The van der Waals surface area contributed by atoms with Gasteiger partial charge in [0.05, 0.1) is 11.5 Å². The normalized spacial score (nSPS) is 17.8. The number of carbonyl (C=O) groups excluding carboxylic acids is 1. The van der Waals surface area contributed by atoms with Crippen molar-refractivity contribution >= 4 is 17.6 Å². The molecule has 0 aromatic heterocycles. The lowest BCUT2D eigenvalue weighted by Gasteiger charge is -2.37. The van der Waals surface area contributed by atoms with E-state index in [2.05, 4.69) is 23.2 Å². The summed E-state index contributed by atoms with van der Waals surface area (Å²) in [7, 11) is 0. The summed E-state index contributed by atoms with van der Waals surface area (Å²) in [5, 5.41) is 12.1. The lowest BCUT2D eigenvalue weighted by molar-refractivity contribution is -0.121. The monoisotopic (exact) mass is 380 g/mol. The molecule has 3 rings (SSSR count). The number of nitrogens with zero attached hydrogens (tertiary/aromatic N) is 1. The zero-order chi connectivity index (χ0) is 20.1. The van der Waals surface area contributed by atoms with Crippen LogP contribution in [0.3, 0.4) is 0 Å². The number of hydrogen-bond acceptors (Lipinski definition) is 3. The second kappa shape index (κ2) is 8.91. The van der Waals surface area contributed by atoms with Crippen LogP contribution in [0.2, 0.25) is 0 Å². The van der Waals surface area contributed by atoms with Gasteiger partial charge >= 0.3 is 5.97 Å². The van der Waals surface area contributed by atoms with Gasteiger partial charge in [-0.2, -0.15) is 0 Å². The summed E-state index contributed by atoms with van der Waals surface area (Å²) in [6.07, 6.45) is 3.53. The number of piperidine rings is 1. The molecule has 1 saturated heterocycles. The van der Waals surface area contributed by atoms with Gasteiger partial charge in [0.15, 0.2) is 0 Å². The molecule has 2 aromatic rings. The fourth-order valence-corrected chi connectivity index (χ4v) is 4.02. The van der Waals surface area contributed by atoms with E-state index in [0.717, 1.165) is 36.2 Å². The predicted molar refractivity (Wildman–Crippen MR) is 111 cm³/mol. The second-order valence-corrected chi connectivity index (χ2v) is 7.35. The number of likely N-dealkylation sites (N-methyl/N-ethyl adjacent to an activating group) is 1. The molecule has 0 radical (unpaired) electrons. The number of carbonyl (C=O) groups is 2. The maximum absolute atomic E-state index is 13.0. The average molecular weight is 380 g/mol. The molecule has 28 heavy (non-hydrogen) atoms. The van der Waals surface area contributed by atoms with E-state index >= 15 is 0 Å². The predicted octanol–water partition coefficient (Wildman–Crippen LogP) is 4.03. The average Bonchev–Trinajstić information content (AvgIpc) is 2.70. The molecule has 1 amide bonds. The maximum atomic E-state index is 13.0. The van der Waals surface area contributed by atoms with Crippen molar-refractivity contribution < 1.29 is 14.7 Å². The highest BCUT2D eigenvalue weighted by Gasteiger charge is 2.28. The highest BCUT2D eigenvalue weighted by atomic mass is 16.4. The van der Waals surface area contributed by atoms with Crippen molar-refractivity contribution in [3.05, 3.63) is 65.2 Å². The van der Waals surface area contributed by atoms with Crippen molar-refractivity contribution in [2.75, 3.05) is 18.0 Å². The lowest BCUT2D eigenvalue weighted by atomic mass is 9.87. The van der Waals surface area contributed by atoms with Crippen LogP contribution in [0.4, 0.5) is 5.69 Å². The van der Waals surface area contributed by atoms with Gasteiger partial charge in [0, 0.05) is 24.8 Å². The molecule has 5 nitrogen and oxygen atoms in total. The molecule has 1 aliphatic rings. The lowest BCUT2D eigenvalue weighted by Crippen LogP contribution is -2.39. The van der Waals surface area contributed by atoms with Crippen LogP contribution in [-0.2, 0) is 4.79 Å². The van der Waals surface area contributed by atoms with Gasteiger partial charge in [0.1, 0.15) is 0 Å². The molecule has 0 bridgehead atoms. The molecular formula is C23H28N2O3. The summed E-state index contributed by atoms with van der Waals surface area (Å²) in [4.78, 5) is 26.6. The van der Waals surface area contributed by atoms with Crippen molar-refractivity contribution in [2.45, 2.75) is 45.1 Å². The highest BCUT2D eigenvalue weighted by molar-refractivity contribution is 5.90. The van der Waals surface area contributed by atoms with Crippen LogP contribution < -0.4 is 10.2 Å². The van der Waals surface area contributed by atoms with E-state index in [-0.39, 0.29) is 11.5 Å². The highest BCUT2D eigenvalue weighted by Crippen LogP contribution is 2.35. The number of aromatic carboxylic acids is 1. The Morgan fingerprint density at radius 3 is 2.50 bits per heavy atom. The molecule has 2 unspecified atom stereocenters. The first-order valence-electron chi connectivity index (χ1n) is 9.99. The molecule has 1 fully saturated rings. The molecule has 1 heterocycles. The fourth-order valence-electron chi connectivity index (χ4n) is 4.02. The van der Waals surface area contributed by atoms with Crippen molar-refractivity contribution in [3.63, 3.8) is 0 Å². The third-order valence-electron chi connectivity index (χ3n) is 5.46. The number of rotatable bonds is 6. The molecule has 1 aliphatic heterocycles. The molecule has 148 valence electrons. The molecule has 0 saturated carbocycles. The first kappa shape index (κ1) is 19.9. The molecular weight excluding hydrogens is 352 g/mol. The number of hydrogen-bond donors (Lipinski definition) is 2. The summed E-state index contributed by atoms with van der Waals surface area (Å²) in [6.45, 7) is 5.67. The van der Waals surface area contributed by atoms with Gasteiger partial charge in [-0.3, -0.25) is 4.79 Å². The summed E-state index contributed by atoms with van der Waals surface area (Å²) in [6, 6.07) is 15.1. The van der Waals surface area contributed by atoms with E-state index in [1.807, 2.05) is 25.1 Å². The number of carboxylic acid groups (broad SMARTS) is 1. The smallest absolute Gasteiger partial charge is 0.335 e. The van der Waals surface area contributed by atoms with Gasteiger partial charge in [-0.1, -0.05) is 30.3 Å². The van der Waals surface area contributed by atoms with E-state index in [1.54, 1.807) is 24.3 Å². The Kier molecular flexibility index (Phi) is 6.34. The van der Waals surface area contributed by atoms with Crippen LogP contribution in [0, 0.1) is 0 Å². The van der Waals surface area contributed by atoms with E-state index < -0.39 is 11.9 Å². The third-order valence-corrected chi connectivity index (χ3v) is 5.46. The standard InChI is InChI=1S/C23H28N2O3/c1-3-24-22(26)21(17-11-13-18(14-12-17)23(27)28)19-9-4-5-10-20(19)25-15-7-6-8-16(25)2/h4-5,9-14,16,21H,3,6-8,15H2,1-2H3,(H,24,26)(H,27,28). The molecule has 2 N–H and O–H groups in total. The van der Waals surface area contributed by atoms with Crippen LogP contribution in [0.15, 0.2) is 48.5 Å². The maximum Gasteiger partial charge on any atom is 0.335 e. The number of nitrogens with one attached hydrogen (secondary N) is 1. The zero-order valence-electron chi connectivity index (χ0n) is 16.5. The Labute approximate surface area is 166 Å². The van der Waals surface area contributed by atoms with Crippen LogP contribution in [0.25, 0.3) is 0 Å². The van der Waals surface area contributed by atoms with Gasteiger partial charge in [0.25, 0.3) is 0 Å². The molecule has 0 aliphatic carbocycles. The fraction of sp³-hybridized carbons (Fsp3) is 0.391. The van der Waals surface area contributed by atoms with Gasteiger partial charge in [0.2, 0.25) is 5.91 Å². The molecule has 2 atom stereocenters. The first-order valence-corrected chi connectivity index (χ1v) is 9.99. The van der Waals surface area contributed by atoms with E-state index in [0.29, 0.717) is 12.6 Å². The minimum atomic E-state index is -0.969. The third kappa shape index (κ3) is 4.19. The van der Waals surface area contributed by atoms with Crippen LogP contribution in [0.5, 0.6) is 0 Å². The van der Waals surface area contributed by atoms with Crippen molar-refractivity contribution in [2.24, 2.45) is 0 Å². The molecule has 0 spiro atoms. The number of carboxylic acids is 1. The zero-order valence-corrected chi connectivity index (χ0v) is 16.5. The van der Waals surface area contributed by atoms with E-state index in [9.17, 15) is 14.7 Å². The number of benzene rings is 2. The van der Waals surface area contributed by atoms with Gasteiger partial charge < -0.3 is 15.3 Å². The van der Waals surface area contributed by atoms with Crippen molar-refractivity contribution in [3.8, 4) is 0 Å².